The number of hydrazone groups is 1. The van der Waals surface area contributed by atoms with Crippen LogP contribution < -0.4 is 14.9 Å². The quantitative estimate of drug-likeness (QED) is 0.673. The molecule has 7 heteroatoms. The highest BCUT2D eigenvalue weighted by Gasteiger charge is 2.10. The number of carbonyl (C=O) groups is 1. The Balaban J connectivity index is 0.00000264. The van der Waals surface area contributed by atoms with Gasteiger partial charge in [-0.1, -0.05) is 6.07 Å². The van der Waals surface area contributed by atoms with Gasteiger partial charge >= 0.3 is 0 Å². The number of methoxy groups -OCH3 is 2. The molecule has 6 nitrogen and oxygen atoms in total. The summed E-state index contributed by atoms with van der Waals surface area (Å²) in [7, 11) is 3.06. The van der Waals surface area contributed by atoms with E-state index in [1.165, 1.54) is 14.2 Å². The maximum Gasteiger partial charge on any atom is 0.271 e. The first-order valence-electron chi connectivity index (χ1n) is 6.63. The van der Waals surface area contributed by atoms with E-state index in [0.717, 1.165) is 0 Å². The van der Waals surface area contributed by atoms with Gasteiger partial charge in [-0.05, 0) is 37.3 Å². The Labute approximate surface area is 140 Å². The van der Waals surface area contributed by atoms with Crippen LogP contribution in [-0.2, 0) is 0 Å². The normalized spacial score (nSPS) is 10.5. The molecule has 0 aliphatic carbocycles. The highest BCUT2D eigenvalue weighted by molar-refractivity contribution is 5.99. The second-order valence-electron chi connectivity index (χ2n) is 4.42. The second-order valence-corrected chi connectivity index (χ2v) is 4.42. The van der Waals surface area contributed by atoms with E-state index in [-0.39, 0.29) is 18.3 Å². The van der Waals surface area contributed by atoms with Gasteiger partial charge < -0.3 is 9.47 Å². The Morgan fingerprint density at radius 3 is 2.48 bits per heavy atom. The number of ether oxygens (including phenoxy) is 2. The maximum absolute atomic E-state index is 12.1. The molecular weight excluding hydrogens is 318 g/mol. The molecule has 1 amide bonds. The maximum atomic E-state index is 12.1. The monoisotopic (exact) mass is 335 g/mol. The van der Waals surface area contributed by atoms with Gasteiger partial charge in [0.05, 0.1) is 25.6 Å². The summed E-state index contributed by atoms with van der Waals surface area (Å²) in [6, 6.07) is 10.4. The van der Waals surface area contributed by atoms with Crippen LogP contribution in [0.15, 0.2) is 47.7 Å². The molecule has 23 heavy (non-hydrogen) atoms. The molecule has 0 radical (unpaired) electrons. The molecule has 0 saturated heterocycles. The van der Waals surface area contributed by atoms with Crippen LogP contribution >= 0.6 is 12.4 Å². The van der Waals surface area contributed by atoms with E-state index < -0.39 is 0 Å². The van der Waals surface area contributed by atoms with Crippen LogP contribution in [0.4, 0.5) is 0 Å². The van der Waals surface area contributed by atoms with E-state index in [0.29, 0.717) is 28.5 Å². The van der Waals surface area contributed by atoms with Gasteiger partial charge in [0.25, 0.3) is 5.91 Å². The minimum absolute atomic E-state index is 0. The number of rotatable bonds is 5. The van der Waals surface area contributed by atoms with Crippen LogP contribution in [0.1, 0.15) is 23.0 Å². The molecule has 0 saturated carbocycles. The molecule has 1 N–H and O–H groups in total. The minimum atomic E-state index is -0.337. The average molecular weight is 336 g/mol. The summed E-state index contributed by atoms with van der Waals surface area (Å²) in [6.07, 6.45) is 1.67. The first-order valence-corrected chi connectivity index (χ1v) is 6.63. The lowest BCUT2D eigenvalue weighted by Gasteiger charge is -2.09. The zero-order chi connectivity index (χ0) is 15.9. The molecule has 1 heterocycles. The van der Waals surface area contributed by atoms with Gasteiger partial charge in [0, 0.05) is 11.8 Å². The fraction of sp³-hybridized carbons (Fsp3) is 0.188. The largest absolute Gasteiger partial charge is 0.493 e. The molecule has 1 aromatic carbocycles. The molecule has 0 aliphatic rings. The summed E-state index contributed by atoms with van der Waals surface area (Å²) in [6.45, 7) is 1.78. The van der Waals surface area contributed by atoms with E-state index in [9.17, 15) is 4.79 Å². The lowest BCUT2D eigenvalue weighted by Crippen LogP contribution is -2.19. The summed E-state index contributed by atoms with van der Waals surface area (Å²) in [5.74, 6) is 0.712. The summed E-state index contributed by atoms with van der Waals surface area (Å²) in [5.41, 5.74) is 4.25. The molecular formula is C16H18ClN3O3. The number of nitrogens with one attached hydrogen (secondary N) is 1. The molecule has 0 atom stereocenters. The van der Waals surface area contributed by atoms with Gasteiger partial charge in [0.1, 0.15) is 0 Å². The van der Waals surface area contributed by atoms with Gasteiger partial charge in [0.15, 0.2) is 11.5 Å². The van der Waals surface area contributed by atoms with Crippen LogP contribution in [0.5, 0.6) is 11.5 Å². The van der Waals surface area contributed by atoms with Crippen molar-refractivity contribution in [2.45, 2.75) is 6.92 Å². The Hall–Kier alpha value is -2.60. The lowest BCUT2D eigenvalue weighted by atomic mass is 10.2. The highest BCUT2D eigenvalue weighted by Crippen LogP contribution is 2.27. The number of halogens is 1. The number of carbonyl (C=O) groups excluding carboxylic acids is 1. The number of hydrogen-bond donors (Lipinski definition) is 1. The molecule has 0 bridgehead atoms. The molecule has 0 unspecified atom stereocenters. The SMILES string of the molecule is COc1ccc(C(=O)N/N=C(\C)c2ccccn2)cc1OC.Cl. The van der Waals surface area contributed by atoms with Crippen LogP contribution in [0, 0.1) is 0 Å². The van der Waals surface area contributed by atoms with Crippen molar-refractivity contribution in [2.24, 2.45) is 5.10 Å². The predicted molar refractivity (Wildman–Crippen MR) is 90.7 cm³/mol. The first-order chi connectivity index (χ1) is 10.7. The minimum Gasteiger partial charge on any atom is -0.493 e. The molecule has 122 valence electrons. The first kappa shape index (κ1) is 18.4. The number of benzene rings is 1. The van der Waals surface area contributed by atoms with Gasteiger partial charge in [-0.3, -0.25) is 9.78 Å². The molecule has 2 aromatic rings. The summed E-state index contributed by atoms with van der Waals surface area (Å²) >= 11 is 0. The Morgan fingerprint density at radius 1 is 1.13 bits per heavy atom. The number of pyridine rings is 1. The topological polar surface area (TPSA) is 72.8 Å². The summed E-state index contributed by atoms with van der Waals surface area (Å²) in [4.78, 5) is 16.3. The third-order valence-electron chi connectivity index (χ3n) is 3.01. The van der Waals surface area contributed by atoms with E-state index in [4.69, 9.17) is 9.47 Å². The van der Waals surface area contributed by atoms with Crippen molar-refractivity contribution >= 4 is 24.0 Å². The zero-order valence-corrected chi connectivity index (χ0v) is 13.9. The standard InChI is InChI=1S/C16H17N3O3.ClH/c1-11(13-6-4-5-9-17-13)18-19-16(20)12-7-8-14(21-2)15(10-12)22-3;/h4-10H,1-3H3,(H,19,20);1H/b18-11+;. The third kappa shape index (κ3) is 4.69. The van der Waals surface area contributed by atoms with Crippen LogP contribution in [0.25, 0.3) is 0 Å². The number of nitrogens with zero attached hydrogens (tertiary/aromatic N) is 2. The Bertz CT molecular complexity index is 690. The van der Waals surface area contributed by atoms with Crippen LogP contribution in [-0.4, -0.2) is 30.8 Å². The van der Waals surface area contributed by atoms with E-state index in [1.54, 1.807) is 31.3 Å². The Morgan fingerprint density at radius 2 is 1.87 bits per heavy atom. The molecule has 1 aromatic heterocycles. The van der Waals surface area contributed by atoms with Crippen molar-refractivity contribution < 1.29 is 14.3 Å². The third-order valence-corrected chi connectivity index (χ3v) is 3.01. The fourth-order valence-corrected chi connectivity index (χ4v) is 1.81. The van der Waals surface area contributed by atoms with E-state index in [1.807, 2.05) is 18.2 Å². The van der Waals surface area contributed by atoms with Crippen molar-refractivity contribution in [3.63, 3.8) is 0 Å². The summed E-state index contributed by atoms with van der Waals surface area (Å²) < 4.78 is 10.3. The van der Waals surface area contributed by atoms with Gasteiger partial charge in [-0.25, -0.2) is 5.43 Å². The highest BCUT2D eigenvalue weighted by atomic mass is 35.5. The zero-order valence-electron chi connectivity index (χ0n) is 13.1. The van der Waals surface area contributed by atoms with Gasteiger partial charge in [-0.2, -0.15) is 5.10 Å². The van der Waals surface area contributed by atoms with Crippen LogP contribution in [0.2, 0.25) is 0 Å². The number of amides is 1. The smallest absolute Gasteiger partial charge is 0.271 e. The van der Waals surface area contributed by atoms with E-state index in [2.05, 4.69) is 15.5 Å². The summed E-state index contributed by atoms with van der Waals surface area (Å²) in [5, 5.41) is 4.05. The number of hydrogen-bond acceptors (Lipinski definition) is 5. The fourth-order valence-electron chi connectivity index (χ4n) is 1.81. The Kier molecular flexibility index (Phi) is 7.02. The average Bonchev–Trinajstić information content (AvgIpc) is 2.59. The lowest BCUT2D eigenvalue weighted by molar-refractivity contribution is 0.0954. The molecule has 0 fully saturated rings. The molecule has 0 spiro atoms. The van der Waals surface area contributed by atoms with Crippen LogP contribution in [0.3, 0.4) is 0 Å². The second kappa shape index (κ2) is 8.75. The predicted octanol–water partition coefficient (Wildman–Crippen LogP) is 2.67. The molecule has 0 aliphatic heterocycles. The van der Waals surface area contributed by atoms with Crippen molar-refractivity contribution in [1.29, 1.82) is 0 Å². The van der Waals surface area contributed by atoms with E-state index >= 15 is 0 Å². The van der Waals surface area contributed by atoms with Gasteiger partial charge in [-0.15, -0.1) is 12.4 Å². The number of aromatic nitrogens is 1. The van der Waals surface area contributed by atoms with Crippen molar-refractivity contribution in [2.75, 3.05) is 14.2 Å². The van der Waals surface area contributed by atoms with Crippen molar-refractivity contribution in [3.8, 4) is 11.5 Å². The molecule has 2 rings (SSSR count). The van der Waals surface area contributed by atoms with Crippen molar-refractivity contribution in [1.82, 2.24) is 10.4 Å². The van der Waals surface area contributed by atoms with Gasteiger partial charge in [0.2, 0.25) is 0 Å². The van der Waals surface area contributed by atoms with Crippen molar-refractivity contribution in [3.05, 3.63) is 53.9 Å².